The van der Waals surface area contributed by atoms with Crippen molar-refractivity contribution in [3.63, 3.8) is 0 Å². The van der Waals surface area contributed by atoms with Gasteiger partial charge in [0, 0.05) is 26.1 Å². The van der Waals surface area contributed by atoms with E-state index in [-0.39, 0.29) is 11.3 Å². The Balaban J connectivity index is 2.53. The molecule has 0 bridgehead atoms. The molecule has 118 valence electrons. The van der Waals surface area contributed by atoms with Crippen LogP contribution in [0.3, 0.4) is 0 Å². The zero-order valence-corrected chi connectivity index (χ0v) is 13.5. The molecule has 0 saturated carbocycles. The van der Waals surface area contributed by atoms with Gasteiger partial charge in [0.25, 0.3) is 0 Å². The van der Waals surface area contributed by atoms with Crippen LogP contribution in [0.15, 0.2) is 0 Å². The highest BCUT2D eigenvalue weighted by Gasteiger charge is 2.10. The number of hydrogen-bond acceptors (Lipinski definition) is 7. The standard InChI is InChI=1S/C13H22ClN5O2/c1-4-19(5-2)13-17-11(14)16-12(18-13)15-9-7-8-10(20)21-6-3/h4-9H2,1-3H3,(H,15,16,17,18). The van der Waals surface area contributed by atoms with Crippen molar-refractivity contribution in [2.45, 2.75) is 33.6 Å². The zero-order chi connectivity index (χ0) is 15.7. The summed E-state index contributed by atoms with van der Waals surface area (Å²) in [5.74, 6) is 0.769. The zero-order valence-electron chi connectivity index (χ0n) is 12.7. The van der Waals surface area contributed by atoms with Gasteiger partial charge in [-0.3, -0.25) is 4.79 Å². The molecule has 0 aliphatic carbocycles. The van der Waals surface area contributed by atoms with Gasteiger partial charge in [-0.05, 0) is 38.8 Å². The molecule has 21 heavy (non-hydrogen) atoms. The summed E-state index contributed by atoms with van der Waals surface area (Å²) in [6, 6.07) is 0. The molecule has 0 fully saturated rings. The van der Waals surface area contributed by atoms with Crippen molar-refractivity contribution < 1.29 is 9.53 Å². The van der Waals surface area contributed by atoms with Gasteiger partial charge in [0.15, 0.2) is 0 Å². The Kier molecular flexibility index (Phi) is 7.74. The minimum atomic E-state index is -0.197. The number of rotatable bonds is 9. The molecular weight excluding hydrogens is 294 g/mol. The first-order valence-corrected chi connectivity index (χ1v) is 7.54. The van der Waals surface area contributed by atoms with Crippen molar-refractivity contribution in [1.82, 2.24) is 15.0 Å². The van der Waals surface area contributed by atoms with Gasteiger partial charge in [-0.2, -0.15) is 15.0 Å². The van der Waals surface area contributed by atoms with E-state index in [2.05, 4.69) is 20.3 Å². The van der Waals surface area contributed by atoms with Crippen LogP contribution in [0.5, 0.6) is 0 Å². The molecule has 0 amide bonds. The fourth-order valence-corrected chi connectivity index (χ4v) is 1.89. The Labute approximate surface area is 130 Å². The summed E-state index contributed by atoms with van der Waals surface area (Å²) in [4.78, 5) is 25.7. The normalized spacial score (nSPS) is 10.3. The molecule has 8 heteroatoms. The lowest BCUT2D eigenvalue weighted by molar-refractivity contribution is -0.143. The summed E-state index contributed by atoms with van der Waals surface area (Å²) in [6.07, 6.45) is 1.01. The predicted octanol–water partition coefficient (Wildman–Crippen LogP) is 2.13. The third kappa shape index (κ3) is 6.12. The summed E-state index contributed by atoms with van der Waals surface area (Å²) in [5, 5.41) is 3.20. The van der Waals surface area contributed by atoms with E-state index in [1.54, 1.807) is 6.92 Å². The van der Waals surface area contributed by atoms with Crippen LogP contribution in [-0.4, -0.2) is 47.2 Å². The lowest BCUT2D eigenvalue weighted by Crippen LogP contribution is -2.25. The molecule has 1 rings (SSSR count). The van der Waals surface area contributed by atoms with Crippen molar-refractivity contribution in [3.8, 4) is 0 Å². The molecule has 0 spiro atoms. The second-order valence-electron chi connectivity index (χ2n) is 4.24. The van der Waals surface area contributed by atoms with Crippen LogP contribution in [0.1, 0.15) is 33.6 Å². The molecule has 0 unspecified atom stereocenters. The van der Waals surface area contributed by atoms with E-state index in [1.807, 2.05) is 18.7 Å². The van der Waals surface area contributed by atoms with Crippen molar-refractivity contribution >= 4 is 29.5 Å². The second kappa shape index (κ2) is 9.33. The molecule has 0 aliphatic heterocycles. The number of esters is 1. The molecule has 0 aliphatic rings. The van der Waals surface area contributed by atoms with Gasteiger partial charge in [0.05, 0.1) is 6.61 Å². The highest BCUT2D eigenvalue weighted by atomic mass is 35.5. The minimum Gasteiger partial charge on any atom is -0.466 e. The SMILES string of the molecule is CCOC(=O)CCCNc1nc(Cl)nc(N(CC)CC)n1. The van der Waals surface area contributed by atoms with Crippen LogP contribution in [-0.2, 0) is 9.53 Å². The smallest absolute Gasteiger partial charge is 0.305 e. The molecule has 0 saturated heterocycles. The van der Waals surface area contributed by atoms with E-state index in [9.17, 15) is 4.79 Å². The lowest BCUT2D eigenvalue weighted by Gasteiger charge is -2.18. The lowest BCUT2D eigenvalue weighted by atomic mass is 10.3. The molecule has 1 heterocycles. The number of hydrogen-bond donors (Lipinski definition) is 1. The van der Waals surface area contributed by atoms with Crippen LogP contribution < -0.4 is 10.2 Å². The highest BCUT2D eigenvalue weighted by Crippen LogP contribution is 2.13. The van der Waals surface area contributed by atoms with E-state index in [0.29, 0.717) is 37.9 Å². The Morgan fingerprint density at radius 2 is 1.95 bits per heavy atom. The highest BCUT2D eigenvalue weighted by molar-refractivity contribution is 6.28. The molecular formula is C13H22ClN5O2. The van der Waals surface area contributed by atoms with E-state index in [1.165, 1.54) is 0 Å². The Morgan fingerprint density at radius 1 is 1.24 bits per heavy atom. The molecule has 1 N–H and O–H groups in total. The van der Waals surface area contributed by atoms with Crippen molar-refractivity contribution in [2.75, 3.05) is 36.5 Å². The minimum absolute atomic E-state index is 0.153. The topological polar surface area (TPSA) is 80.2 Å². The van der Waals surface area contributed by atoms with Crippen LogP contribution in [0, 0.1) is 0 Å². The Morgan fingerprint density at radius 3 is 2.57 bits per heavy atom. The number of nitrogens with zero attached hydrogens (tertiary/aromatic N) is 4. The summed E-state index contributed by atoms with van der Waals surface area (Å²) >= 11 is 5.91. The molecule has 0 radical (unpaired) electrons. The number of nitrogens with one attached hydrogen (secondary N) is 1. The fraction of sp³-hybridized carbons (Fsp3) is 0.692. The van der Waals surface area contributed by atoms with E-state index < -0.39 is 0 Å². The molecule has 1 aromatic heterocycles. The monoisotopic (exact) mass is 315 g/mol. The molecule has 1 aromatic rings. The average Bonchev–Trinajstić information content (AvgIpc) is 2.45. The quantitative estimate of drug-likeness (QED) is 0.552. The maximum Gasteiger partial charge on any atom is 0.305 e. The fourth-order valence-electron chi connectivity index (χ4n) is 1.73. The van der Waals surface area contributed by atoms with Crippen LogP contribution >= 0.6 is 11.6 Å². The number of carbonyl (C=O) groups is 1. The first-order valence-electron chi connectivity index (χ1n) is 7.16. The number of ether oxygens (including phenoxy) is 1. The summed E-state index contributed by atoms with van der Waals surface area (Å²) < 4.78 is 4.86. The van der Waals surface area contributed by atoms with Crippen LogP contribution in [0.25, 0.3) is 0 Å². The number of carbonyl (C=O) groups excluding carboxylic acids is 1. The first kappa shape index (κ1) is 17.4. The van der Waals surface area contributed by atoms with Gasteiger partial charge in [0.2, 0.25) is 17.2 Å². The van der Waals surface area contributed by atoms with Gasteiger partial charge in [-0.25, -0.2) is 0 Å². The van der Waals surface area contributed by atoms with Crippen molar-refractivity contribution in [3.05, 3.63) is 5.28 Å². The second-order valence-corrected chi connectivity index (χ2v) is 4.57. The Bertz CT molecular complexity index is 454. The number of anilines is 2. The number of halogens is 1. The summed E-state index contributed by atoms with van der Waals surface area (Å²) in [5.41, 5.74) is 0. The number of aromatic nitrogens is 3. The third-order valence-electron chi connectivity index (χ3n) is 2.79. The van der Waals surface area contributed by atoms with Gasteiger partial charge < -0.3 is 15.0 Å². The molecule has 0 atom stereocenters. The van der Waals surface area contributed by atoms with Crippen LogP contribution in [0.2, 0.25) is 5.28 Å². The largest absolute Gasteiger partial charge is 0.466 e. The third-order valence-corrected chi connectivity index (χ3v) is 2.96. The summed E-state index contributed by atoms with van der Waals surface area (Å²) in [6.45, 7) is 8.39. The molecule has 0 aromatic carbocycles. The Hall–Kier alpha value is -1.63. The predicted molar refractivity (Wildman–Crippen MR) is 82.8 cm³/mol. The van der Waals surface area contributed by atoms with E-state index in [4.69, 9.17) is 16.3 Å². The maximum atomic E-state index is 11.2. The van der Waals surface area contributed by atoms with Crippen molar-refractivity contribution in [1.29, 1.82) is 0 Å². The van der Waals surface area contributed by atoms with E-state index in [0.717, 1.165) is 13.1 Å². The van der Waals surface area contributed by atoms with Crippen LogP contribution in [0.4, 0.5) is 11.9 Å². The van der Waals surface area contributed by atoms with Crippen molar-refractivity contribution in [2.24, 2.45) is 0 Å². The van der Waals surface area contributed by atoms with Gasteiger partial charge >= 0.3 is 5.97 Å². The molecule has 7 nitrogen and oxygen atoms in total. The average molecular weight is 316 g/mol. The first-order chi connectivity index (χ1) is 10.1. The van der Waals surface area contributed by atoms with Gasteiger partial charge in [-0.1, -0.05) is 0 Å². The van der Waals surface area contributed by atoms with Gasteiger partial charge in [0.1, 0.15) is 0 Å². The van der Waals surface area contributed by atoms with Gasteiger partial charge in [-0.15, -0.1) is 0 Å². The summed E-state index contributed by atoms with van der Waals surface area (Å²) in [7, 11) is 0. The maximum absolute atomic E-state index is 11.2. The van der Waals surface area contributed by atoms with E-state index >= 15 is 0 Å².